The smallest absolute Gasteiger partial charge is 0.152 e. The minimum absolute atomic E-state index is 0.0984. The summed E-state index contributed by atoms with van der Waals surface area (Å²) in [6.07, 6.45) is 2.53. The van der Waals surface area contributed by atoms with E-state index in [1.165, 1.54) is 0 Å². The third-order valence-electron chi connectivity index (χ3n) is 4.57. The van der Waals surface area contributed by atoms with Gasteiger partial charge in [0.1, 0.15) is 5.82 Å². The molecule has 6 heteroatoms. The Hall–Kier alpha value is -1.04. The zero-order valence-electron chi connectivity index (χ0n) is 13.5. The number of hydrogen-bond acceptors (Lipinski definition) is 4. The van der Waals surface area contributed by atoms with E-state index in [-0.39, 0.29) is 17.5 Å². The van der Waals surface area contributed by atoms with Crippen LogP contribution >= 0.6 is 0 Å². The van der Waals surface area contributed by atoms with E-state index < -0.39 is 9.84 Å². The van der Waals surface area contributed by atoms with Crippen LogP contribution in [0.15, 0.2) is 0 Å². The topological polar surface area (TPSA) is 78.0 Å². The third-order valence-corrected chi connectivity index (χ3v) is 6.32. The molecule has 1 aliphatic rings. The SMILES string of the molecule is CCCc1c(C(C)C(C)C)nn(C2CCS(=O)(=O)C2)c1N. The molecule has 0 aromatic carbocycles. The van der Waals surface area contributed by atoms with Gasteiger partial charge in [0.2, 0.25) is 0 Å². The van der Waals surface area contributed by atoms with Crippen LogP contribution in [-0.2, 0) is 16.3 Å². The molecule has 2 unspecified atom stereocenters. The van der Waals surface area contributed by atoms with Crippen LogP contribution in [0.2, 0.25) is 0 Å². The summed E-state index contributed by atoms with van der Waals surface area (Å²) in [7, 11) is -2.93. The number of nitrogen functional groups attached to an aromatic ring is 1. The number of aromatic nitrogens is 2. The van der Waals surface area contributed by atoms with Crippen molar-refractivity contribution in [3.8, 4) is 0 Å². The van der Waals surface area contributed by atoms with Gasteiger partial charge in [0.15, 0.2) is 9.84 Å². The quantitative estimate of drug-likeness (QED) is 0.906. The maximum atomic E-state index is 11.7. The lowest BCUT2D eigenvalue weighted by Crippen LogP contribution is -2.15. The van der Waals surface area contributed by atoms with E-state index >= 15 is 0 Å². The molecular weight excluding hydrogens is 286 g/mol. The second kappa shape index (κ2) is 5.99. The number of rotatable bonds is 5. The van der Waals surface area contributed by atoms with Crippen molar-refractivity contribution in [3.05, 3.63) is 11.3 Å². The third kappa shape index (κ3) is 3.25. The number of nitrogens with two attached hydrogens (primary N) is 1. The molecular formula is C15H27N3O2S. The Morgan fingerprint density at radius 3 is 2.52 bits per heavy atom. The van der Waals surface area contributed by atoms with Crippen LogP contribution in [0, 0.1) is 5.92 Å². The highest BCUT2D eigenvalue weighted by atomic mass is 32.2. The van der Waals surface area contributed by atoms with Gasteiger partial charge in [0.05, 0.1) is 23.2 Å². The van der Waals surface area contributed by atoms with Crippen molar-refractivity contribution >= 4 is 15.7 Å². The van der Waals surface area contributed by atoms with Gasteiger partial charge in [-0.2, -0.15) is 5.10 Å². The molecule has 1 fully saturated rings. The first-order valence-electron chi connectivity index (χ1n) is 7.84. The number of anilines is 1. The molecule has 0 aliphatic carbocycles. The lowest BCUT2D eigenvalue weighted by molar-refractivity contribution is 0.474. The number of sulfone groups is 1. The lowest BCUT2D eigenvalue weighted by Gasteiger charge is -2.14. The van der Waals surface area contributed by atoms with Crippen LogP contribution in [-0.4, -0.2) is 29.7 Å². The molecule has 21 heavy (non-hydrogen) atoms. The van der Waals surface area contributed by atoms with E-state index in [2.05, 4.69) is 27.7 Å². The average molecular weight is 313 g/mol. The van der Waals surface area contributed by atoms with Crippen LogP contribution in [0.5, 0.6) is 0 Å². The fourth-order valence-corrected chi connectivity index (χ4v) is 4.63. The van der Waals surface area contributed by atoms with Crippen molar-refractivity contribution in [3.63, 3.8) is 0 Å². The van der Waals surface area contributed by atoms with Gasteiger partial charge in [-0.3, -0.25) is 0 Å². The molecule has 0 saturated carbocycles. The monoisotopic (exact) mass is 313 g/mol. The predicted octanol–water partition coefficient (Wildman–Crippen LogP) is 2.54. The van der Waals surface area contributed by atoms with Gasteiger partial charge >= 0.3 is 0 Å². The summed E-state index contributed by atoms with van der Waals surface area (Å²) in [6.45, 7) is 8.65. The van der Waals surface area contributed by atoms with Gasteiger partial charge in [-0.1, -0.05) is 34.1 Å². The molecule has 1 aliphatic heterocycles. The van der Waals surface area contributed by atoms with E-state index in [0.717, 1.165) is 24.1 Å². The maximum Gasteiger partial charge on any atom is 0.152 e. The second-order valence-corrected chi connectivity index (χ2v) is 8.76. The Labute approximate surface area is 127 Å². The van der Waals surface area contributed by atoms with Gasteiger partial charge in [-0.25, -0.2) is 13.1 Å². The van der Waals surface area contributed by atoms with Crippen molar-refractivity contribution in [2.24, 2.45) is 5.92 Å². The molecule has 120 valence electrons. The molecule has 5 nitrogen and oxygen atoms in total. The molecule has 2 N–H and O–H groups in total. The summed E-state index contributed by atoms with van der Waals surface area (Å²) >= 11 is 0. The molecule has 2 atom stereocenters. The number of nitrogens with zero attached hydrogens (tertiary/aromatic N) is 2. The predicted molar refractivity (Wildman–Crippen MR) is 86.2 cm³/mol. The summed E-state index contributed by atoms with van der Waals surface area (Å²) in [5.41, 5.74) is 8.47. The van der Waals surface area contributed by atoms with Crippen LogP contribution in [0.1, 0.15) is 63.8 Å². The first-order valence-corrected chi connectivity index (χ1v) is 9.66. The highest BCUT2D eigenvalue weighted by Crippen LogP contribution is 2.34. The minimum Gasteiger partial charge on any atom is -0.384 e. The van der Waals surface area contributed by atoms with Crippen molar-refractivity contribution in [1.82, 2.24) is 9.78 Å². The van der Waals surface area contributed by atoms with Crippen LogP contribution in [0.25, 0.3) is 0 Å². The highest BCUT2D eigenvalue weighted by molar-refractivity contribution is 7.91. The van der Waals surface area contributed by atoms with E-state index in [1.807, 2.05) is 0 Å². The van der Waals surface area contributed by atoms with Crippen LogP contribution in [0.3, 0.4) is 0 Å². The average Bonchev–Trinajstić information content (AvgIpc) is 2.91. The Morgan fingerprint density at radius 2 is 2.05 bits per heavy atom. The lowest BCUT2D eigenvalue weighted by atomic mass is 9.91. The van der Waals surface area contributed by atoms with Crippen molar-refractivity contribution < 1.29 is 8.42 Å². The largest absolute Gasteiger partial charge is 0.384 e. The Bertz CT molecular complexity index is 605. The Morgan fingerprint density at radius 1 is 1.38 bits per heavy atom. The molecule has 0 radical (unpaired) electrons. The minimum atomic E-state index is -2.93. The molecule has 0 spiro atoms. The fraction of sp³-hybridized carbons (Fsp3) is 0.800. The van der Waals surface area contributed by atoms with E-state index in [0.29, 0.717) is 24.1 Å². The van der Waals surface area contributed by atoms with Crippen molar-refractivity contribution in [2.75, 3.05) is 17.2 Å². The van der Waals surface area contributed by atoms with Crippen LogP contribution < -0.4 is 5.73 Å². The van der Waals surface area contributed by atoms with E-state index in [1.54, 1.807) is 4.68 Å². The molecule has 1 aromatic rings. The summed E-state index contributed by atoms with van der Waals surface area (Å²) in [5.74, 6) is 1.89. The van der Waals surface area contributed by atoms with Gasteiger partial charge in [0, 0.05) is 11.5 Å². The van der Waals surface area contributed by atoms with Crippen molar-refractivity contribution in [2.45, 2.75) is 58.9 Å². The highest BCUT2D eigenvalue weighted by Gasteiger charge is 2.33. The van der Waals surface area contributed by atoms with Crippen molar-refractivity contribution in [1.29, 1.82) is 0 Å². The molecule has 2 heterocycles. The maximum absolute atomic E-state index is 11.7. The fourth-order valence-electron chi connectivity index (χ4n) is 2.93. The van der Waals surface area contributed by atoms with Gasteiger partial charge in [0.25, 0.3) is 0 Å². The van der Waals surface area contributed by atoms with Gasteiger partial charge in [-0.15, -0.1) is 0 Å². The van der Waals surface area contributed by atoms with E-state index in [4.69, 9.17) is 10.8 Å². The van der Waals surface area contributed by atoms with E-state index in [9.17, 15) is 8.42 Å². The summed E-state index contributed by atoms with van der Waals surface area (Å²) < 4.78 is 25.2. The summed E-state index contributed by atoms with van der Waals surface area (Å²) in [5, 5.41) is 4.72. The second-order valence-electron chi connectivity index (χ2n) is 6.53. The van der Waals surface area contributed by atoms with Gasteiger partial charge in [-0.05, 0) is 18.8 Å². The molecule has 0 bridgehead atoms. The zero-order chi connectivity index (χ0) is 15.8. The Balaban J connectivity index is 2.41. The molecule has 1 aromatic heterocycles. The summed E-state index contributed by atoms with van der Waals surface area (Å²) in [4.78, 5) is 0. The number of hydrogen-bond donors (Lipinski definition) is 1. The zero-order valence-corrected chi connectivity index (χ0v) is 14.3. The Kier molecular flexibility index (Phi) is 4.66. The normalized spacial score (nSPS) is 22.8. The molecule has 0 amide bonds. The molecule has 1 saturated heterocycles. The van der Waals surface area contributed by atoms with Gasteiger partial charge < -0.3 is 5.73 Å². The van der Waals surface area contributed by atoms with Crippen LogP contribution in [0.4, 0.5) is 5.82 Å². The first kappa shape index (κ1) is 16.3. The molecule has 2 rings (SSSR count). The standard InChI is InChI=1S/C15H27N3O2S/c1-5-6-13-14(11(4)10(2)3)17-18(15(13)16)12-7-8-21(19,20)9-12/h10-12H,5-9,16H2,1-4H3. The first-order chi connectivity index (χ1) is 9.76. The summed E-state index contributed by atoms with van der Waals surface area (Å²) in [6, 6.07) is -0.0984.